The third-order valence-electron chi connectivity index (χ3n) is 8.70. The number of likely N-dealkylation sites (tertiary alicyclic amines) is 2. The van der Waals surface area contributed by atoms with Gasteiger partial charge in [0.05, 0.1) is 12.2 Å². The molecule has 3 fully saturated rings. The average molecular weight is 605 g/mol. The van der Waals surface area contributed by atoms with Crippen LogP contribution >= 0.6 is 0 Å². The lowest BCUT2D eigenvalue weighted by atomic mass is 9.85. The molecule has 1 spiro atoms. The van der Waals surface area contributed by atoms with Crippen LogP contribution in [0.1, 0.15) is 56.0 Å². The summed E-state index contributed by atoms with van der Waals surface area (Å²) in [5.74, 6) is 0.250. The molecule has 0 radical (unpaired) electrons. The second kappa shape index (κ2) is 11.6. The van der Waals surface area contributed by atoms with E-state index in [9.17, 15) is 19.2 Å². The number of aromatic nitrogens is 1. The number of hydrazine groups is 1. The minimum Gasteiger partial charge on any atom is -0.444 e. The number of nitrogens with one attached hydrogen (secondary N) is 3. The fourth-order valence-corrected chi connectivity index (χ4v) is 6.50. The van der Waals surface area contributed by atoms with Gasteiger partial charge in [-0.15, -0.1) is 0 Å². The molecule has 13 heteroatoms. The predicted molar refractivity (Wildman–Crippen MR) is 162 cm³/mol. The standard InChI is InChI=1S/C31H40N8O5/c1-30(2,3)44-29(43)37-12-9-23(18-37)34-25(40)19-38-20-39(24-7-5-4-6-8-24)31(28(38)42)10-13-36(14-11-31)27(41)22-15-21-17-33-35-26(21)32-16-22/h4-8,15-16,23,33H,9-14,17-20H2,1-3H3,(H,32,35)(H,34,40)/t23-/m1/s1. The normalized spacial score (nSPS) is 21.0. The van der Waals surface area contributed by atoms with Crippen molar-refractivity contribution < 1.29 is 23.9 Å². The number of piperidine rings is 1. The molecule has 0 aliphatic carbocycles. The van der Waals surface area contributed by atoms with Gasteiger partial charge in [-0.3, -0.25) is 14.4 Å². The Morgan fingerprint density at radius 3 is 2.57 bits per heavy atom. The Hall–Kier alpha value is -4.39. The van der Waals surface area contributed by atoms with Crippen LogP contribution in [-0.2, 0) is 20.9 Å². The van der Waals surface area contributed by atoms with Crippen LogP contribution in [0.25, 0.3) is 0 Å². The first-order chi connectivity index (χ1) is 21.0. The molecular weight excluding hydrogens is 564 g/mol. The molecule has 4 amide bonds. The lowest BCUT2D eigenvalue weighted by molar-refractivity contribution is -0.137. The summed E-state index contributed by atoms with van der Waals surface area (Å²) in [6.45, 7) is 7.93. The van der Waals surface area contributed by atoms with Gasteiger partial charge in [-0.25, -0.2) is 15.2 Å². The zero-order valence-corrected chi connectivity index (χ0v) is 25.5. The Morgan fingerprint density at radius 2 is 1.84 bits per heavy atom. The minimum atomic E-state index is -0.858. The van der Waals surface area contributed by atoms with Crippen molar-refractivity contribution in [3.63, 3.8) is 0 Å². The number of fused-ring (bicyclic) bond motifs is 1. The molecule has 0 bridgehead atoms. The van der Waals surface area contributed by atoms with Gasteiger partial charge < -0.3 is 35.1 Å². The van der Waals surface area contributed by atoms with Crippen molar-refractivity contribution in [2.75, 3.05) is 49.7 Å². The maximum absolute atomic E-state index is 14.1. The predicted octanol–water partition coefficient (Wildman–Crippen LogP) is 1.92. The number of ether oxygens (including phenoxy) is 1. The molecule has 3 N–H and O–H groups in total. The maximum Gasteiger partial charge on any atom is 0.410 e. The minimum absolute atomic E-state index is 0.0850. The van der Waals surface area contributed by atoms with Gasteiger partial charge in [0.15, 0.2) is 0 Å². The third kappa shape index (κ3) is 5.88. The first-order valence-corrected chi connectivity index (χ1v) is 15.2. The highest BCUT2D eigenvalue weighted by Crippen LogP contribution is 2.39. The van der Waals surface area contributed by atoms with Crippen molar-refractivity contribution in [3.8, 4) is 0 Å². The molecule has 13 nitrogen and oxygen atoms in total. The number of nitrogens with zero attached hydrogens (tertiary/aromatic N) is 5. The van der Waals surface area contributed by atoms with Crippen molar-refractivity contribution >= 4 is 35.3 Å². The molecule has 0 unspecified atom stereocenters. The van der Waals surface area contributed by atoms with E-state index < -0.39 is 17.2 Å². The summed E-state index contributed by atoms with van der Waals surface area (Å²) < 4.78 is 5.46. The molecule has 234 valence electrons. The number of carbonyl (C=O) groups excluding carboxylic acids is 4. The summed E-state index contributed by atoms with van der Waals surface area (Å²) in [4.78, 5) is 64.5. The number of hydrogen-bond donors (Lipinski definition) is 3. The first-order valence-electron chi connectivity index (χ1n) is 15.2. The van der Waals surface area contributed by atoms with Crippen molar-refractivity contribution in [1.82, 2.24) is 30.4 Å². The van der Waals surface area contributed by atoms with E-state index in [2.05, 4.69) is 26.1 Å². The van der Waals surface area contributed by atoms with Crippen LogP contribution in [0, 0.1) is 0 Å². The SMILES string of the molecule is CC(C)(C)OC(=O)N1CC[C@@H](NC(=O)CN2CN(c3ccccc3)C3(CCN(C(=O)c4cnc5c(c4)CNN5)CC3)C2=O)C1. The van der Waals surface area contributed by atoms with Crippen LogP contribution < -0.4 is 21.1 Å². The lowest BCUT2D eigenvalue weighted by Crippen LogP contribution is -2.57. The van der Waals surface area contributed by atoms with Gasteiger partial charge in [0.25, 0.3) is 11.8 Å². The summed E-state index contributed by atoms with van der Waals surface area (Å²) in [6, 6.07) is 11.4. The molecule has 44 heavy (non-hydrogen) atoms. The summed E-state index contributed by atoms with van der Waals surface area (Å²) in [5.41, 5.74) is 6.90. The zero-order chi connectivity index (χ0) is 31.1. The van der Waals surface area contributed by atoms with Gasteiger partial charge in [-0.2, -0.15) is 0 Å². The fraction of sp³-hybridized carbons (Fsp3) is 0.516. The number of anilines is 2. The van der Waals surface area contributed by atoms with Crippen molar-refractivity contribution in [3.05, 3.63) is 53.7 Å². The summed E-state index contributed by atoms with van der Waals surface area (Å²) in [7, 11) is 0. The lowest BCUT2D eigenvalue weighted by Gasteiger charge is -2.43. The highest BCUT2D eigenvalue weighted by atomic mass is 16.6. The van der Waals surface area contributed by atoms with Crippen LogP contribution in [0.2, 0.25) is 0 Å². The van der Waals surface area contributed by atoms with E-state index in [0.29, 0.717) is 57.5 Å². The topological polar surface area (TPSA) is 139 Å². The van der Waals surface area contributed by atoms with E-state index in [1.54, 1.807) is 20.9 Å². The van der Waals surface area contributed by atoms with E-state index in [4.69, 9.17) is 4.74 Å². The number of rotatable bonds is 5. The highest BCUT2D eigenvalue weighted by molar-refractivity contribution is 5.98. The fourth-order valence-electron chi connectivity index (χ4n) is 6.50. The number of carbonyl (C=O) groups is 4. The Bertz CT molecular complexity index is 1440. The van der Waals surface area contributed by atoms with E-state index in [-0.39, 0.29) is 37.0 Å². The van der Waals surface area contributed by atoms with Crippen molar-refractivity contribution in [1.29, 1.82) is 0 Å². The number of amides is 4. The van der Waals surface area contributed by atoms with Crippen LogP contribution in [-0.4, -0.2) is 100 Å². The van der Waals surface area contributed by atoms with E-state index in [1.165, 1.54) is 0 Å². The smallest absolute Gasteiger partial charge is 0.410 e. The molecule has 1 aromatic heterocycles. The van der Waals surface area contributed by atoms with Crippen molar-refractivity contribution in [2.45, 2.75) is 63.8 Å². The van der Waals surface area contributed by atoms with Crippen molar-refractivity contribution in [2.24, 2.45) is 0 Å². The number of benzene rings is 1. The van der Waals surface area contributed by atoms with Crippen LogP contribution in [0.3, 0.4) is 0 Å². The molecule has 6 rings (SSSR count). The number of hydrogen-bond acceptors (Lipinski definition) is 9. The molecule has 0 saturated carbocycles. The molecule has 5 heterocycles. The molecule has 2 aromatic rings. The van der Waals surface area contributed by atoms with Crippen LogP contribution in [0.4, 0.5) is 16.3 Å². The Morgan fingerprint density at radius 1 is 1.09 bits per heavy atom. The molecule has 1 atom stereocenters. The van der Waals surface area contributed by atoms with Gasteiger partial charge >= 0.3 is 6.09 Å². The molecule has 1 aromatic carbocycles. The highest BCUT2D eigenvalue weighted by Gasteiger charge is 2.54. The van der Waals surface area contributed by atoms with Gasteiger partial charge in [0.2, 0.25) is 5.91 Å². The van der Waals surface area contributed by atoms with Gasteiger partial charge in [0, 0.05) is 56.2 Å². The zero-order valence-electron chi connectivity index (χ0n) is 25.5. The van der Waals surface area contributed by atoms with Gasteiger partial charge in [-0.05, 0) is 58.2 Å². The van der Waals surface area contributed by atoms with Crippen LogP contribution in [0.15, 0.2) is 42.6 Å². The van der Waals surface area contributed by atoms with Gasteiger partial charge in [-0.1, -0.05) is 18.2 Å². The maximum atomic E-state index is 14.1. The molecule has 4 aliphatic rings. The van der Waals surface area contributed by atoms with E-state index in [1.807, 2.05) is 57.2 Å². The number of pyridine rings is 1. The Kier molecular flexibility index (Phi) is 7.82. The summed E-state index contributed by atoms with van der Waals surface area (Å²) >= 11 is 0. The molecular formula is C31H40N8O5. The number of para-hydroxylation sites is 1. The summed E-state index contributed by atoms with van der Waals surface area (Å²) in [6.07, 6.45) is 2.70. The second-order valence-corrected chi connectivity index (χ2v) is 12.9. The Labute approximate surface area is 256 Å². The van der Waals surface area contributed by atoms with E-state index >= 15 is 0 Å². The molecule has 3 saturated heterocycles. The van der Waals surface area contributed by atoms with E-state index in [0.717, 1.165) is 17.1 Å². The third-order valence-corrected chi connectivity index (χ3v) is 8.70. The first kappa shape index (κ1) is 29.7. The van der Waals surface area contributed by atoms with Crippen LogP contribution in [0.5, 0.6) is 0 Å². The second-order valence-electron chi connectivity index (χ2n) is 12.9. The quantitative estimate of drug-likeness (QED) is 0.467. The average Bonchev–Trinajstić information content (AvgIpc) is 3.72. The summed E-state index contributed by atoms with van der Waals surface area (Å²) in [5, 5.41) is 3.01. The van der Waals surface area contributed by atoms with Gasteiger partial charge in [0.1, 0.15) is 23.5 Å². The largest absolute Gasteiger partial charge is 0.444 e. The monoisotopic (exact) mass is 604 g/mol. The molecule has 4 aliphatic heterocycles. The Balaban J connectivity index is 1.11.